The maximum absolute atomic E-state index is 13.7. The number of nitrogens with one attached hydrogen (secondary N) is 1. The Morgan fingerprint density at radius 1 is 0.976 bits per heavy atom. The van der Waals surface area contributed by atoms with Gasteiger partial charge < -0.3 is 15.0 Å². The molecule has 4 aromatic rings. The monoisotopic (exact) mass is 570 g/mol. The molecule has 0 fully saturated rings. The van der Waals surface area contributed by atoms with Crippen molar-refractivity contribution in [2.75, 3.05) is 6.54 Å². The topological polar surface area (TPSA) is 85.6 Å². The number of rotatable bonds is 8. The number of ether oxygens (including phenoxy) is 1. The Morgan fingerprint density at radius 2 is 1.68 bits per heavy atom. The van der Waals surface area contributed by atoms with Crippen molar-refractivity contribution in [3.8, 4) is 11.4 Å². The molecule has 1 aliphatic heterocycles. The van der Waals surface area contributed by atoms with Crippen LogP contribution in [0.15, 0.2) is 89.7 Å². The predicted molar refractivity (Wildman–Crippen MR) is 159 cm³/mol. The van der Waals surface area contributed by atoms with Gasteiger partial charge in [-0.15, -0.1) is 0 Å². The van der Waals surface area contributed by atoms with Crippen LogP contribution in [-0.2, 0) is 24.4 Å². The van der Waals surface area contributed by atoms with Crippen LogP contribution in [0.4, 0.5) is 0 Å². The van der Waals surface area contributed by atoms with Gasteiger partial charge in [0.15, 0.2) is 0 Å². The van der Waals surface area contributed by atoms with Crippen LogP contribution in [0.25, 0.3) is 11.8 Å². The van der Waals surface area contributed by atoms with Crippen molar-refractivity contribution in [1.29, 1.82) is 0 Å². The van der Waals surface area contributed by atoms with Gasteiger partial charge in [-0.3, -0.25) is 18.7 Å². The van der Waals surface area contributed by atoms with Crippen molar-refractivity contribution in [3.05, 3.63) is 123 Å². The molecule has 1 aliphatic rings. The summed E-state index contributed by atoms with van der Waals surface area (Å²) in [6, 6.07) is 23.9. The van der Waals surface area contributed by atoms with E-state index in [0.29, 0.717) is 35.2 Å². The Balaban J connectivity index is 1.48. The summed E-state index contributed by atoms with van der Waals surface area (Å²) in [5, 5.41) is 3.50. The van der Waals surface area contributed by atoms with E-state index in [1.807, 2.05) is 62.4 Å². The highest BCUT2D eigenvalue weighted by atomic mass is 35.5. The van der Waals surface area contributed by atoms with E-state index < -0.39 is 5.91 Å². The maximum atomic E-state index is 13.7. The van der Waals surface area contributed by atoms with Crippen molar-refractivity contribution in [1.82, 2.24) is 19.4 Å². The molecule has 8 nitrogen and oxygen atoms in total. The van der Waals surface area contributed by atoms with Crippen LogP contribution in [0.1, 0.15) is 41.2 Å². The van der Waals surface area contributed by atoms with E-state index in [4.69, 9.17) is 16.3 Å². The van der Waals surface area contributed by atoms with E-state index in [-0.39, 0.29) is 36.5 Å². The van der Waals surface area contributed by atoms with E-state index in [1.54, 1.807) is 45.9 Å². The zero-order chi connectivity index (χ0) is 28.9. The minimum atomic E-state index is -0.400. The molecular weight excluding hydrogens is 540 g/mol. The molecular formula is C32H31ClN4O4. The fourth-order valence-electron chi connectivity index (χ4n) is 4.80. The fourth-order valence-corrected chi connectivity index (χ4v) is 5.00. The Morgan fingerprint density at radius 3 is 2.39 bits per heavy atom. The Labute approximate surface area is 243 Å². The second-order valence-electron chi connectivity index (χ2n) is 10.0. The summed E-state index contributed by atoms with van der Waals surface area (Å²) in [6.45, 7) is 4.87. The molecule has 0 saturated carbocycles. The predicted octanol–water partition coefficient (Wildman–Crippen LogP) is 5.07. The number of nitrogens with zero attached hydrogens (tertiary/aromatic N) is 3. The van der Waals surface area contributed by atoms with Crippen LogP contribution in [0.5, 0.6) is 5.75 Å². The van der Waals surface area contributed by atoms with E-state index in [0.717, 1.165) is 11.1 Å². The summed E-state index contributed by atoms with van der Waals surface area (Å²) >= 11 is 6.23. The van der Waals surface area contributed by atoms with Crippen LogP contribution >= 0.6 is 11.6 Å². The first-order valence-corrected chi connectivity index (χ1v) is 13.8. The number of carbonyl (C=O) groups is 2. The number of benzene rings is 3. The zero-order valence-electron chi connectivity index (χ0n) is 22.9. The summed E-state index contributed by atoms with van der Waals surface area (Å²) in [7, 11) is 0. The molecule has 3 aromatic carbocycles. The lowest BCUT2D eigenvalue weighted by molar-refractivity contribution is -0.127. The fraction of sp³-hybridized carbons (Fsp3) is 0.219. The molecule has 9 heteroatoms. The SMILES string of the molecule is CC(C)Oc1ccc(-n2c(C(=O)NCc3ccccc3)c3n(c2=O)CCN(C(=O)/C=C/c2ccccc2Cl)C3)cc1. The summed E-state index contributed by atoms with van der Waals surface area (Å²) in [5.41, 5.74) is 2.55. The van der Waals surface area contributed by atoms with E-state index in [1.165, 1.54) is 10.6 Å². The largest absolute Gasteiger partial charge is 0.491 e. The molecule has 41 heavy (non-hydrogen) atoms. The van der Waals surface area contributed by atoms with Gasteiger partial charge in [-0.1, -0.05) is 60.1 Å². The highest BCUT2D eigenvalue weighted by Crippen LogP contribution is 2.23. The number of fused-ring (bicyclic) bond motifs is 1. The molecule has 1 aromatic heterocycles. The lowest BCUT2D eigenvalue weighted by atomic mass is 10.2. The van der Waals surface area contributed by atoms with Crippen molar-refractivity contribution in [2.24, 2.45) is 0 Å². The first-order chi connectivity index (χ1) is 19.8. The van der Waals surface area contributed by atoms with Crippen molar-refractivity contribution in [2.45, 2.75) is 39.6 Å². The number of carbonyl (C=O) groups excluding carboxylic acids is 2. The number of amides is 2. The van der Waals surface area contributed by atoms with Gasteiger partial charge in [-0.25, -0.2) is 4.79 Å². The van der Waals surface area contributed by atoms with Crippen molar-refractivity contribution < 1.29 is 14.3 Å². The summed E-state index contributed by atoms with van der Waals surface area (Å²) in [6.07, 6.45) is 3.14. The number of imidazole rings is 1. The van der Waals surface area contributed by atoms with E-state index >= 15 is 0 Å². The molecule has 0 atom stereocenters. The molecule has 0 unspecified atom stereocenters. The van der Waals surface area contributed by atoms with Crippen molar-refractivity contribution >= 4 is 29.5 Å². The van der Waals surface area contributed by atoms with E-state index in [2.05, 4.69) is 5.32 Å². The third kappa shape index (κ3) is 6.28. The minimum Gasteiger partial charge on any atom is -0.491 e. The van der Waals surface area contributed by atoms with Crippen LogP contribution in [0, 0.1) is 0 Å². The average molecular weight is 571 g/mol. The first-order valence-electron chi connectivity index (χ1n) is 13.5. The van der Waals surface area contributed by atoms with Gasteiger partial charge >= 0.3 is 5.69 Å². The number of hydrogen-bond donors (Lipinski definition) is 1. The second kappa shape index (κ2) is 12.3. The quantitative estimate of drug-likeness (QED) is 0.300. The van der Waals surface area contributed by atoms with Crippen LogP contribution in [0.2, 0.25) is 5.02 Å². The molecule has 2 heterocycles. The molecule has 0 spiro atoms. The molecule has 2 amide bonds. The number of halogens is 1. The number of hydrogen-bond acceptors (Lipinski definition) is 4. The second-order valence-corrected chi connectivity index (χ2v) is 10.4. The highest BCUT2D eigenvalue weighted by Gasteiger charge is 2.31. The van der Waals surface area contributed by atoms with Gasteiger partial charge in [0.25, 0.3) is 5.91 Å². The summed E-state index contributed by atoms with van der Waals surface area (Å²) < 4.78 is 8.75. The van der Waals surface area contributed by atoms with E-state index in [9.17, 15) is 14.4 Å². The normalized spacial score (nSPS) is 12.9. The third-order valence-electron chi connectivity index (χ3n) is 6.78. The molecule has 0 saturated heterocycles. The van der Waals surface area contributed by atoms with Gasteiger partial charge in [0.2, 0.25) is 5.91 Å². The highest BCUT2D eigenvalue weighted by molar-refractivity contribution is 6.32. The van der Waals surface area contributed by atoms with Crippen LogP contribution < -0.4 is 15.7 Å². The lowest BCUT2D eigenvalue weighted by Gasteiger charge is -2.27. The van der Waals surface area contributed by atoms with Gasteiger partial charge in [0, 0.05) is 30.7 Å². The standard InChI is InChI=1S/C32H31ClN4O4/c1-22(2)41-26-15-13-25(14-16-26)37-30(31(39)34-20-23-8-4-3-5-9-23)28-21-35(18-19-36(28)32(37)40)29(38)17-12-24-10-6-7-11-27(24)33/h3-17,22H,18-21H2,1-2H3,(H,34,39)/b17-12+. The molecule has 0 radical (unpaired) electrons. The van der Waals surface area contributed by atoms with Gasteiger partial charge in [0.1, 0.15) is 11.4 Å². The molecule has 1 N–H and O–H groups in total. The Bertz CT molecular complexity index is 1640. The molecule has 0 aliphatic carbocycles. The summed E-state index contributed by atoms with van der Waals surface area (Å²) in [5.74, 6) is 0.0308. The Hall–Kier alpha value is -4.56. The van der Waals surface area contributed by atoms with Gasteiger partial charge in [-0.05, 0) is 61.4 Å². The lowest BCUT2D eigenvalue weighted by Crippen LogP contribution is -2.40. The van der Waals surface area contributed by atoms with Crippen LogP contribution in [0.3, 0.4) is 0 Å². The third-order valence-corrected chi connectivity index (χ3v) is 7.12. The molecule has 0 bridgehead atoms. The minimum absolute atomic E-state index is 0.000165. The van der Waals surface area contributed by atoms with Gasteiger partial charge in [-0.2, -0.15) is 0 Å². The first kappa shape index (κ1) is 28.0. The average Bonchev–Trinajstić information content (AvgIpc) is 3.27. The maximum Gasteiger partial charge on any atom is 0.333 e. The van der Waals surface area contributed by atoms with Crippen LogP contribution in [-0.4, -0.2) is 38.5 Å². The van der Waals surface area contributed by atoms with Gasteiger partial charge in [0.05, 0.1) is 24.0 Å². The number of aromatic nitrogens is 2. The molecule has 210 valence electrons. The Kier molecular flexibility index (Phi) is 8.40. The molecule has 5 rings (SSSR count). The zero-order valence-corrected chi connectivity index (χ0v) is 23.7. The smallest absolute Gasteiger partial charge is 0.333 e. The summed E-state index contributed by atoms with van der Waals surface area (Å²) in [4.78, 5) is 42.2. The van der Waals surface area contributed by atoms with Crippen molar-refractivity contribution in [3.63, 3.8) is 0 Å².